The largest absolute Gasteiger partial charge is 0.358 e. The van der Waals surface area contributed by atoms with E-state index in [1.54, 1.807) is 6.20 Å². The number of anilines is 2. The molecule has 0 amide bonds. The molecule has 0 bridgehead atoms. The van der Waals surface area contributed by atoms with Crippen LogP contribution in [0, 0.1) is 0 Å². The highest BCUT2D eigenvalue weighted by Crippen LogP contribution is 2.23. The van der Waals surface area contributed by atoms with E-state index in [-0.39, 0.29) is 0 Å². The van der Waals surface area contributed by atoms with Gasteiger partial charge in [0.05, 0.1) is 11.4 Å². The standard InChI is InChI=1S/C20H21N5/c1-2-5-15-12-14-13-16(7-8-17(14)23-15)24-20-22-11-9-19(25-20)18-6-3-4-10-21-18/h6-13,23H,2-5H2,1H3,(H,22,24,25). The van der Waals surface area contributed by atoms with Crippen LogP contribution in [-0.2, 0) is 6.42 Å². The molecule has 1 aliphatic rings. The van der Waals surface area contributed by atoms with Crippen LogP contribution in [-0.4, -0.2) is 21.2 Å². The Balaban J connectivity index is 1.58. The number of fused-ring (bicyclic) bond motifs is 1. The van der Waals surface area contributed by atoms with E-state index in [0.717, 1.165) is 48.3 Å². The van der Waals surface area contributed by atoms with Crippen molar-refractivity contribution in [2.75, 3.05) is 5.32 Å². The molecule has 3 aromatic rings. The third-order valence-corrected chi connectivity index (χ3v) is 4.23. The topological polar surface area (TPSA) is 66.0 Å². The smallest absolute Gasteiger partial charge is 0.227 e. The van der Waals surface area contributed by atoms with Crippen molar-refractivity contribution in [2.45, 2.75) is 32.6 Å². The first-order valence-corrected chi connectivity index (χ1v) is 8.76. The van der Waals surface area contributed by atoms with Crippen LogP contribution >= 0.6 is 0 Å². The number of hydrogen-bond donors (Lipinski definition) is 2. The fraction of sp³-hybridized carbons (Fsp3) is 0.250. The van der Waals surface area contributed by atoms with Crippen LogP contribution in [0.4, 0.5) is 11.6 Å². The molecule has 1 aliphatic heterocycles. The Morgan fingerprint density at radius 1 is 1.16 bits per heavy atom. The Morgan fingerprint density at radius 2 is 2.12 bits per heavy atom. The van der Waals surface area contributed by atoms with E-state index >= 15 is 0 Å². The maximum absolute atomic E-state index is 4.59. The highest BCUT2D eigenvalue weighted by atomic mass is 15.1. The molecule has 5 heteroatoms. The van der Waals surface area contributed by atoms with Gasteiger partial charge in [-0.25, -0.2) is 9.97 Å². The van der Waals surface area contributed by atoms with Gasteiger partial charge in [0.25, 0.3) is 0 Å². The van der Waals surface area contributed by atoms with Crippen molar-refractivity contribution < 1.29 is 0 Å². The molecule has 0 atom stereocenters. The number of aryl methyl sites for hydroxylation is 1. The Bertz CT molecular complexity index is 952. The van der Waals surface area contributed by atoms with Gasteiger partial charge in [0.15, 0.2) is 0 Å². The third kappa shape index (κ3) is 3.45. The van der Waals surface area contributed by atoms with E-state index in [2.05, 4.69) is 56.5 Å². The molecule has 5 nitrogen and oxygen atoms in total. The van der Waals surface area contributed by atoms with Crippen LogP contribution in [0.5, 0.6) is 0 Å². The molecule has 0 saturated carbocycles. The van der Waals surface area contributed by atoms with Crippen molar-refractivity contribution in [2.24, 2.45) is 4.99 Å². The van der Waals surface area contributed by atoms with Gasteiger partial charge in [0, 0.05) is 34.7 Å². The number of nitrogens with zero attached hydrogens (tertiary/aromatic N) is 3. The van der Waals surface area contributed by atoms with Crippen molar-refractivity contribution in [3.63, 3.8) is 0 Å². The summed E-state index contributed by atoms with van der Waals surface area (Å²) in [5.41, 5.74) is 5.18. The van der Waals surface area contributed by atoms with Crippen molar-refractivity contribution in [1.82, 2.24) is 15.0 Å². The predicted molar refractivity (Wildman–Crippen MR) is 103 cm³/mol. The molecular weight excluding hydrogens is 310 g/mol. The second kappa shape index (κ2) is 6.89. The number of H-pyrrole nitrogens is 1. The highest BCUT2D eigenvalue weighted by molar-refractivity contribution is 5.84. The number of aromatic nitrogens is 3. The summed E-state index contributed by atoms with van der Waals surface area (Å²) in [6.45, 7) is 2.19. The summed E-state index contributed by atoms with van der Waals surface area (Å²) >= 11 is 0. The highest BCUT2D eigenvalue weighted by Gasteiger charge is 2.07. The first-order valence-electron chi connectivity index (χ1n) is 8.76. The Morgan fingerprint density at radius 3 is 2.96 bits per heavy atom. The van der Waals surface area contributed by atoms with Crippen LogP contribution in [0.25, 0.3) is 16.6 Å². The van der Waals surface area contributed by atoms with E-state index in [1.165, 1.54) is 11.1 Å². The average Bonchev–Trinajstić information content (AvgIpc) is 3.05. The molecule has 25 heavy (non-hydrogen) atoms. The normalized spacial score (nSPS) is 13.9. The van der Waals surface area contributed by atoms with E-state index in [0.29, 0.717) is 5.95 Å². The van der Waals surface area contributed by atoms with Crippen molar-refractivity contribution >= 4 is 34.5 Å². The summed E-state index contributed by atoms with van der Waals surface area (Å²) < 4.78 is 0. The van der Waals surface area contributed by atoms with Crippen molar-refractivity contribution in [1.29, 1.82) is 0 Å². The van der Waals surface area contributed by atoms with Crippen molar-refractivity contribution in [3.8, 4) is 0 Å². The molecule has 0 aliphatic carbocycles. The minimum absolute atomic E-state index is 0.586. The molecule has 126 valence electrons. The van der Waals surface area contributed by atoms with Gasteiger partial charge in [-0.2, -0.15) is 0 Å². The molecule has 0 unspecified atom stereocenters. The van der Waals surface area contributed by atoms with Crippen LogP contribution in [0.3, 0.4) is 0 Å². The number of aliphatic imine (C=N–C) groups is 1. The lowest BCUT2D eigenvalue weighted by Gasteiger charge is -2.08. The van der Waals surface area contributed by atoms with Gasteiger partial charge in [-0.1, -0.05) is 19.4 Å². The lowest BCUT2D eigenvalue weighted by Crippen LogP contribution is -2.00. The Kier molecular flexibility index (Phi) is 4.29. The van der Waals surface area contributed by atoms with Crippen LogP contribution in [0.2, 0.25) is 0 Å². The van der Waals surface area contributed by atoms with E-state index in [1.807, 2.05) is 18.3 Å². The predicted octanol–water partition coefficient (Wildman–Crippen LogP) is 4.86. The zero-order valence-corrected chi connectivity index (χ0v) is 14.3. The molecule has 2 aromatic heterocycles. The number of nitrogens with one attached hydrogen (secondary N) is 2. The first kappa shape index (κ1) is 15.6. The quantitative estimate of drug-likeness (QED) is 0.701. The van der Waals surface area contributed by atoms with E-state index in [4.69, 9.17) is 0 Å². The summed E-state index contributed by atoms with van der Waals surface area (Å²) in [7, 11) is 0. The Hall–Kier alpha value is -2.95. The number of hydrogen-bond acceptors (Lipinski definition) is 4. The minimum Gasteiger partial charge on any atom is -0.358 e. The van der Waals surface area contributed by atoms with Crippen LogP contribution in [0.15, 0.2) is 47.6 Å². The van der Waals surface area contributed by atoms with Gasteiger partial charge in [-0.05, 0) is 49.6 Å². The summed E-state index contributed by atoms with van der Waals surface area (Å²) in [6, 6.07) is 10.4. The van der Waals surface area contributed by atoms with E-state index < -0.39 is 0 Å². The molecule has 3 heterocycles. The summed E-state index contributed by atoms with van der Waals surface area (Å²) in [5, 5.41) is 4.50. The molecule has 4 rings (SSSR count). The molecule has 0 saturated heterocycles. The summed E-state index contributed by atoms with van der Waals surface area (Å²) in [4.78, 5) is 16.8. The summed E-state index contributed by atoms with van der Waals surface area (Å²) in [6.07, 6.45) is 10.0. The molecule has 1 aromatic carbocycles. The molecule has 0 fully saturated rings. The molecule has 2 N–H and O–H groups in total. The maximum Gasteiger partial charge on any atom is 0.227 e. The fourth-order valence-corrected chi connectivity index (χ4v) is 3.05. The zero-order chi connectivity index (χ0) is 17.1. The van der Waals surface area contributed by atoms with Gasteiger partial charge in [0.1, 0.15) is 0 Å². The van der Waals surface area contributed by atoms with Gasteiger partial charge >= 0.3 is 0 Å². The lowest BCUT2D eigenvalue weighted by atomic mass is 10.2. The van der Waals surface area contributed by atoms with Gasteiger partial charge in [0.2, 0.25) is 5.95 Å². The Labute approximate surface area is 146 Å². The second-order valence-corrected chi connectivity index (χ2v) is 6.22. The van der Waals surface area contributed by atoms with Gasteiger partial charge in [-0.15, -0.1) is 0 Å². The van der Waals surface area contributed by atoms with Gasteiger partial charge < -0.3 is 10.3 Å². The fourth-order valence-electron chi connectivity index (χ4n) is 3.05. The first-order chi connectivity index (χ1) is 12.3. The summed E-state index contributed by atoms with van der Waals surface area (Å²) in [5.74, 6) is 0.586. The molecule has 0 spiro atoms. The average molecular weight is 331 g/mol. The third-order valence-electron chi connectivity index (χ3n) is 4.23. The van der Waals surface area contributed by atoms with Crippen LogP contribution < -0.4 is 5.32 Å². The number of rotatable bonds is 5. The monoisotopic (exact) mass is 331 g/mol. The lowest BCUT2D eigenvalue weighted by molar-refractivity contribution is 0.896. The second-order valence-electron chi connectivity index (χ2n) is 6.22. The SMILES string of the molecule is CCCc1cc2cc(Nc3nccc(C4=CCCC=N4)n3)ccc2[nH]1. The van der Waals surface area contributed by atoms with Crippen LogP contribution in [0.1, 0.15) is 37.6 Å². The number of allylic oxidation sites excluding steroid dienone is 1. The number of benzene rings is 1. The van der Waals surface area contributed by atoms with Gasteiger partial charge in [-0.3, -0.25) is 4.99 Å². The minimum atomic E-state index is 0.586. The zero-order valence-electron chi connectivity index (χ0n) is 14.3. The number of aromatic amines is 1. The molecular formula is C20H21N5. The maximum atomic E-state index is 4.59. The van der Waals surface area contributed by atoms with E-state index in [9.17, 15) is 0 Å². The van der Waals surface area contributed by atoms with Crippen molar-refractivity contribution in [3.05, 3.63) is 54.0 Å². The molecule has 0 radical (unpaired) electrons.